The van der Waals surface area contributed by atoms with Crippen LogP contribution < -0.4 is 5.56 Å². The van der Waals surface area contributed by atoms with Crippen molar-refractivity contribution in [2.75, 3.05) is 0 Å². The van der Waals surface area contributed by atoms with Gasteiger partial charge in [-0.1, -0.05) is 18.5 Å². The van der Waals surface area contributed by atoms with Gasteiger partial charge in [-0.3, -0.25) is 9.36 Å². The molecule has 0 aliphatic heterocycles. The third-order valence-electron chi connectivity index (χ3n) is 5.15. The Morgan fingerprint density at radius 1 is 1.29 bits per heavy atom. The zero-order valence-electron chi connectivity index (χ0n) is 15.2. The number of aryl methyl sites for hydroxylation is 1. The molecule has 1 atom stereocenters. The molecule has 1 aliphatic rings. The lowest BCUT2D eigenvalue weighted by molar-refractivity contribution is 0.483. The first-order chi connectivity index (χ1) is 13.6. The van der Waals surface area contributed by atoms with Crippen LogP contribution in [-0.4, -0.2) is 19.7 Å². The average molecular weight is 413 g/mol. The molecule has 0 saturated heterocycles. The topological polar surface area (TPSA) is 73.8 Å². The molecule has 0 bridgehead atoms. The minimum absolute atomic E-state index is 0.0386. The quantitative estimate of drug-likeness (QED) is 0.500. The number of halogens is 1. The number of aromatic nitrogens is 4. The van der Waals surface area contributed by atoms with Crippen LogP contribution in [0.25, 0.3) is 21.7 Å². The van der Waals surface area contributed by atoms with Gasteiger partial charge in [0, 0.05) is 15.5 Å². The van der Waals surface area contributed by atoms with Gasteiger partial charge in [-0.25, -0.2) is 4.98 Å². The average Bonchev–Trinajstić information content (AvgIpc) is 3.29. The van der Waals surface area contributed by atoms with Gasteiger partial charge in [0.05, 0.1) is 11.7 Å². The van der Waals surface area contributed by atoms with E-state index in [0.717, 1.165) is 35.0 Å². The van der Waals surface area contributed by atoms with Crippen LogP contribution in [0.4, 0.5) is 0 Å². The minimum atomic E-state index is -0.0386. The van der Waals surface area contributed by atoms with Crippen molar-refractivity contribution in [3.8, 4) is 11.5 Å². The molecule has 3 aromatic heterocycles. The van der Waals surface area contributed by atoms with Crippen molar-refractivity contribution in [1.82, 2.24) is 19.7 Å². The number of benzene rings is 1. The first-order valence-corrected chi connectivity index (χ1v) is 10.4. The van der Waals surface area contributed by atoms with Gasteiger partial charge in [-0.15, -0.1) is 21.5 Å². The van der Waals surface area contributed by atoms with E-state index in [1.165, 1.54) is 10.4 Å². The highest BCUT2D eigenvalue weighted by Crippen LogP contribution is 2.35. The summed E-state index contributed by atoms with van der Waals surface area (Å²) < 4.78 is 7.29. The Morgan fingerprint density at radius 3 is 2.93 bits per heavy atom. The van der Waals surface area contributed by atoms with Crippen molar-refractivity contribution in [1.29, 1.82) is 0 Å². The molecule has 0 fully saturated rings. The molecule has 8 heteroatoms. The van der Waals surface area contributed by atoms with E-state index in [-0.39, 0.29) is 12.1 Å². The van der Waals surface area contributed by atoms with E-state index in [1.807, 2.05) is 12.1 Å². The summed E-state index contributed by atoms with van der Waals surface area (Å²) in [7, 11) is 0. The second kappa shape index (κ2) is 6.83. The van der Waals surface area contributed by atoms with Crippen molar-refractivity contribution in [2.24, 2.45) is 5.92 Å². The smallest absolute Gasteiger partial charge is 0.262 e. The second-order valence-electron chi connectivity index (χ2n) is 7.22. The van der Waals surface area contributed by atoms with E-state index in [0.29, 0.717) is 22.7 Å². The number of fused-ring (bicyclic) bond motifs is 3. The Kier molecular flexibility index (Phi) is 4.29. The normalized spacial score (nSPS) is 16.4. The van der Waals surface area contributed by atoms with Gasteiger partial charge in [-0.05, 0) is 55.0 Å². The summed E-state index contributed by atoms with van der Waals surface area (Å²) in [6.45, 7) is 2.45. The zero-order valence-corrected chi connectivity index (χ0v) is 16.8. The summed E-state index contributed by atoms with van der Waals surface area (Å²) in [5, 5.41) is 9.56. The summed E-state index contributed by atoms with van der Waals surface area (Å²) >= 11 is 7.56. The van der Waals surface area contributed by atoms with Crippen LogP contribution in [0.1, 0.15) is 29.7 Å². The first-order valence-electron chi connectivity index (χ1n) is 9.16. The van der Waals surface area contributed by atoms with E-state index in [1.54, 1.807) is 34.4 Å². The van der Waals surface area contributed by atoms with Crippen LogP contribution in [0.3, 0.4) is 0 Å². The molecule has 0 amide bonds. The van der Waals surface area contributed by atoms with Crippen LogP contribution in [0.2, 0.25) is 5.02 Å². The molecule has 1 aliphatic carbocycles. The lowest BCUT2D eigenvalue weighted by atomic mass is 9.89. The summed E-state index contributed by atoms with van der Waals surface area (Å²) in [6, 6.07) is 7.17. The van der Waals surface area contributed by atoms with Crippen molar-refractivity contribution in [3.05, 3.63) is 62.3 Å². The summed E-state index contributed by atoms with van der Waals surface area (Å²) in [4.78, 5) is 19.7. The maximum atomic E-state index is 13.1. The molecule has 6 nitrogen and oxygen atoms in total. The third kappa shape index (κ3) is 3.04. The van der Waals surface area contributed by atoms with Gasteiger partial charge in [-0.2, -0.15) is 0 Å². The molecule has 0 N–H and O–H groups in total. The summed E-state index contributed by atoms with van der Waals surface area (Å²) in [5.41, 5.74) is 1.92. The molecule has 0 radical (unpaired) electrons. The van der Waals surface area contributed by atoms with E-state index in [2.05, 4.69) is 22.1 Å². The van der Waals surface area contributed by atoms with E-state index >= 15 is 0 Å². The Hall–Kier alpha value is -2.51. The fraction of sp³-hybridized carbons (Fsp3) is 0.300. The Balaban J connectivity index is 1.48. The number of rotatable bonds is 3. The molecular formula is C20H17ClN4O2S. The molecule has 28 heavy (non-hydrogen) atoms. The number of hydrogen-bond acceptors (Lipinski definition) is 6. The highest BCUT2D eigenvalue weighted by Gasteiger charge is 2.23. The van der Waals surface area contributed by atoms with Crippen LogP contribution in [0.15, 0.2) is 39.8 Å². The van der Waals surface area contributed by atoms with Gasteiger partial charge < -0.3 is 4.42 Å². The van der Waals surface area contributed by atoms with E-state index in [4.69, 9.17) is 16.0 Å². The highest BCUT2D eigenvalue weighted by atomic mass is 35.5. The van der Waals surface area contributed by atoms with Crippen LogP contribution in [0.5, 0.6) is 0 Å². The van der Waals surface area contributed by atoms with E-state index in [9.17, 15) is 4.79 Å². The largest absolute Gasteiger partial charge is 0.419 e. The Labute approximate surface area is 169 Å². The lowest BCUT2D eigenvalue weighted by Gasteiger charge is -2.17. The predicted octanol–water partition coefficient (Wildman–Crippen LogP) is 4.33. The molecule has 4 aromatic rings. The summed E-state index contributed by atoms with van der Waals surface area (Å²) in [5.74, 6) is 1.43. The van der Waals surface area contributed by atoms with Crippen LogP contribution in [-0.2, 0) is 19.4 Å². The van der Waals surface area contributed by atoms with Gasteiger partial charge in [0.1, 0.15) is 11.4 Å². The maximum absolute atomic E-state index is 13.1. The molecule has 5 rings (SSSR count). The second-order valence-corrected chi connectivity index (χ2v) is 8.74. The fourth-order valence-corrected chi connectivity index (χ4v) is 5.12. The van der Waals surface area contributed by atoms with Gasteiger partial charge >= 0.3 is 0 Å². The third-order valence-corrected chi connectivity index (χ3v) is 6.56. The molecule has 3 heterocycles. The fourth-order valence-electron chi connectivity index (χ4n) is 3.65. The van der Waals surface area contributed by atoms with Crippen LogP contribution in [0, 0.1) is 5.92 Å². The SMILES string of the molecule is C[C@H]1CCc2c(sc3ncn(Cc4nnc(-c5ccc(Cl)cc5)o4)c(=O)c23)C1. The zero-order chi connectivity index (χ0) is 19.3. The highest BCUT2D eigenvalue weighted by molar-refractivity contribution is 7.18. The minimum Gasteiger partial charge on any atom is -0.419 e. The van der Waals surface area contributed by atoms with Crippen molar-refractivity contribution in [2.45, 2.75) is 32.7 Å². The standard InChI is InChI=1S/C20H17ClN4O2S/c1-11-2-7-14-15(8-11)28-19-17(14)20(26)25(10-22-19)9-16-23-24-18(27-16)12-3-5-13(21)6-4-12/h3-6,10-11H,2,7-9H2,1H3/t11-/m0/s1. The Morgan fingerprint density at radius 2 is 2.11 bits per heavy atom. The maximum Gasteiger partial charge on any atom is 0.262 e. The predicted molar refractivity (Wildman–Crippen MR) is 109 cm³/mol. The molecular weight excluding hydrogens is 396 g/mol. The lowest BCUT2D eigenvalue weighted by Crippen LogP contribution is -2.22. The molecule has 142 valence electrons. The molecule has 0 unspecified atom stereocenters. The van der Waals surface area contributed by atoms with Gasteiger partial charge in [0.15, 0.2) is 0 Å². The summed E-state index contributed by atoms with van der Waals surface area (Å²) in [6.07, 6.45) is 4.66. The van der Waals surface area contributed by atoms with Gasteiger partial charge in [0.2, 0.25) is 11.8 Å². The molecule has 1 aromatic carbocycles. The number of thiophene rings is 1. The van der Waals surface area contributed by atoms with Crippen molar-refractivity contribution >= 4 is 33.2 Å². The van der Waals surface area contributed by atoms with Gasteiger partial charge in [0.25, 0.3) is 5.56 Å². The van der Waals surface area contributed by atoms with Crippen molar-refractivity contribution < 1.29 is 4.42 Å². The van der Waals surface area contributed by atoms with E-state index < -0.39 is 0 Å². The van der Waals surface area contributed by atoms with Crippen LogP contribution >= 0.6 is 22.9 Å². The Bertz CT molecular complexity index is 1230. The first kappa shape index (κ1) is 17.6. The number of nitrogens with zero attached hydrogens (tertiary/aromatic N) is 4. The number of hydrogen-bond donors (Lipinski definition) is 0. The monoisotopic (exact) mass is 412 g/mol. The van der Waals surface area contributed by atoms with Crippen molar-refractivity contribution in [3.63, 3.8) is 0 Å². The molecule has 0 saturated carbocycles. The molecule has 0 spiro atoms.